The van der Waals surface area contributed by atoms with Crippen molar-refractivity contribution in [1.29, 1.82) is 0 Å². The molecule has 0 aromatic heterocycles. The van der Waals surface area contributed by atoms with E-state index in [9.17, 15) is 0 Å². The van der Waals surface area contributed by atoms with Gasteiger partial charge >= 0.3 is 0 Å². The summed E-state index contributed by atoms with van der Waals surface area (Å²) in [5, 5.41) is 1.52. The zero-order valence-corrected chi connectivity index (χ0v) is 14.2. The van der Waals surface area contributed by atoms with Crippen molar-refractivity contribution in [3.05, 3.63) is 102 Å². The summed E-state index contributed by atoms with van der Waals surface area (Å²) in [6, 6.07) is 32.8. The molecule has 0 nitrogen and oxygen atoms in total. The van der Waals surface area contributed by atoms with Crippen LogP contribution < -0.4 is 5.19 Å². The van der Waals surface area contributed by atoms with Crippen LogP contribution in [0.1, 0.15) is 18.1 Å². The highest BCUT2D eigenvalue weighted by Gasteiger charge is 2.36. The molecule has 0 unspecified atom stereocenters. The monoisotopic (exact) mass is 301 g/mol. The zero-order valence-electron chi connectivity index (χ0n) is 13.2. The molecule has 3 aromatic rings. The number of rotatable bonds is 4. The highest BCUT2D eigenvalue weighted by molar-refractivity contribution is 6.75. The third-order valence-electron chi connectivity index (χ3n) is 4.66. The lowest BCUT2D eigenvalue weighted by Crippen LogP contribution is -2.47. The van der Waals surface area contributed by atoms with Crippen LogP contribution in [0.3, 0.4) is 0 Å². The minimum absolute atomic E-state index is 0.0501. The highest BCUT2D eigenvalue weighted by Crippen LogP contribution is 2.34. The molecule has 0 aliphatic rings. The Hall–Kier alpha value is -2.12. The first-order valence-corrected chi connectivity index (χ1v) is 9.73. The van der Waals surface area contributed by atoms with Crippen molar-refractivity contribution < 1.29 is 0 Å². The SMILES string of the molecule is C[Si](c1ccccc1)C(C)(c1ccccc1)c1ccccc1. The Morgan fingerprint density at radius 2 is 0.955 bits per heavy atom. The fourth-order valence-electron chi connectivity index (χ4n) is 3.12. The first-order valence-electron chi connectivity index (χ1n) is 7.73. The van der Waals surface area contributed by atoms with Crippen LogP contribution in [0.2, 0.25) is 6.55 Å². The molecule has 22 heavy (non-hydrogen) atoms. The topological polar surface area (TPSA) is 0 Å². The molecule has 0 fully saturated rings. The molecule has 0 spiro atoms. The lowest BCUT2D eigenvalue weighted by molar-refractivity contribution is 0.798. The van der Waals surface area contributed by atoms with Crippen LogP contribution in [0.25, 0.3) is 0 Å². The fraction of sp³-hybridized carbons (Fsp3) is 0.143. The molecule has 0 amide bonds. The van der Waals surface area contributed by atoms with Crippen molar-refractivity contribution in [1.82, 2.24) is 0 Å². The van der Waals surface area contributed by atoms with Crippen molar-refractivity contribution in [2.24, 2.45) is 0 Å². The Labute approximate surface area is 135 Å². The maximum atomic E-state index is 2.43. The summed E-state index contributed by atoms with van der Waals surface area (Å²) in [4.78, 5) is 0. The second kappa shape index (κ2) is 6.33. The van der Waals surface area contributed by atoms with Gasteiger partial charge in [0.05, 0.1) is 8.80 Å². The van der Waals surface area contributed by atoms with Gasteiger partial charge in [0.25, 0.3) is 0 Å². The second-order valence-corrected chi connectivity index (χ2v) is 8.68. The Balaban J connectivity index is 2.16. The average molecular weight is 301 g/mol. The summed E-state index contributed by atoms with van der Waals surface area (Å²) in [6.07, 6.45) is 0. The van der Waals surface area contributed by atoms with Gasteiger partial charge in [-0.05, 0) is 11.1 Å². The van der Waals surface area contributed by atoms with Crippen LogP contribution in [0.5, 0.6) is 0 Å². The summed E-state index contributed by atoms with van der Waals surface area (Å²) >= 11 is 0. The van der Waals surface area contributed by atoms with Crippen molar-refractivity contribution >= 4 is 14.0 Å². The van der Waals surface area contributed by atoms with Gasteiger partial charge in [-0.15, -0.1) is 0 Å². The molecular formula is C21H21Si. The summed E-state index contributed by atoms with van der Waals surface area (Å²) in [5.41, 5.74) is 2.81. The summed E-state index contributed by atoms with van der Waals surface area (Å²) in [5.74, 6) is 0. The van der Waals surface area contributed by atoms with E-state index in [-0.39, 0.29) is 5.04 Å². The Kier molecular flexibility index (Phi) is 4.26. The summed E-state index contributed by atoms with van der Waals surface area (Å²) < 4.78 is 0. The predicted molar refractivity (Wildman–Crippen MR) is 97.0 cm³/mol. The third kappa shape index (κ3) is 2.64. The molecule has 0 saturated heterocycles. The molecule has 0 bridgehead atoms. The maximum absolute atomic E-state index is 2.43. The van der Waals surface area contributed by atoms with Crippen molar-refractivity contribution in [2.45, 2.75) is 18.5 Å². The molecule has 1 heteroatoms. The molecular weight excluding hydrogens is 280 g/mol. The van der Waals surface area contributed by atoms with Gasteiger partial charge in [0.15, 0.2) is 0 Å². The van der Waals surface area contributed by atoms with Crippen LogP contribution in [0, 0.1) is 0 Å². The van der Waals surface area contributed by atoms with Crippen LogP contribution in [0.15, 0.2) is 91.0 Å². The summed E-state index contributed by atoms with van der Waals surface area (Å²) in [6.45, 7) is 4.83. The van der Waals surface area contributed by atoms with E-state index < -0.39 is 8.80 Å². The molecule has 0 aliphatic carbocycles. The molecule has 109 valence electrons. The standard InChI is InChI=1S/C21H21Si/c1-21(18-12-6-3-7-13-18,19-14-8-4-9-15-19)22(2)20-16-10-5-11-17-20/h3-17H,1-2H3. The Morgan fingerprint density at radius 1 is 0.591 bits per heavy atom. The van der Waals surface area contributed by atoms with E-state index in [0.717, 1.165) is 0 Å². The van der Waals surface area contributed by atoms with E-state index in [1.807, 2.05) is 0 Å². The smallest absolute Gasteiger partial charge is 0.0659 e. The van der Waals surface area contributed by atoms with Gasteiger partial charge < -0.3 is 0 Å². The largest absolute Gasteiger partial charge is 0.0989 e. The van der Waals surface area contributed by atoms with E-state index in [4.69, 9.17) is 0 Å². The van der Waals surface area contributed by atoms with Crippen molar-refractivity contribution in [3.63, 3.8) is 0 Å². The zero-order chi connectivity index (χ0) is 15.4. The fourth-order valence-corrected chi connectivity index (χ4v) is 5.59. The maximum Gasteiger partial charge on any atom is 0.0989 e. The Bertz CT molecular complexity index is 665. The van der Waals surface area contributed by atoms with E-state index in [2.05, 4.69) is 104 Å². The van der Waals surface area contributed by atoms with Gasteiger partial charge in [-0.2, -0.15) is 0 Å². The van der Waals surface area contributed by atoms with E-state index in [0.29, 0.717) is 0 Å². The lowest BCUT2D eigenvalue weighted by atomic mass is 9.92. The molecule has 0 atom stereocenters. The minimum Gasteiger partial charge on any atom is -0.0659 e. The quantitative estimate of drug-likeness (QED) is 0.620. The lowest BCUT2D eigenvalue weighted by Gasteiger charge is -2.36. The van der Waals surface area contributed by atoms with E-state index >= 15 is 0 Å². The molecule has 3 aromatic carbocycles. The first kappa shape index (κ1) is 14.8. The van der Waals surface area contributed by atoms with E-state index in [1.54, 1.807) is 0 Å². The third-order valence-corrected chi connectivity index (χ3v) is 7.94. The number of benzene rings is 3. The number of hydrogen-bond donors (Lipinski definition) is 0. The van der Waals surface area contributed by atoms with Gasteiger partial charge in [0, 0.05) is 5.04 Å². The molecule has 1 radical (unpaired) electrons. The average Bonchev–Trinajstić information content (AvgIpc) is 2.62. The second-order valence-electron chi connectivity index (χ2n) is 5.85. The normalized spacial score (nSPS) is 11.6. The van der Waals surface area contributed by atoms with Crippen LogP contribution in [-0.2, 0) is 5.04 Å². The van der Waals surface area contributed by atoms with Crippen LogP contribution in [-0.4, -0.2) is 8.80 Å². The van der Waals surface area contributed by atoms with Crippen molar-refractivity contribution in [2.75, 3.05) is 0 Å². The first-order chi connectivity index (χ1) is 10.7. The summed E-state index contributed by atoms with van der Waals surface area (Å²) in [7, 11) is -0.809. The van der Waals surface area contributed by atoms with Gasteiger partial charge in [-0.25, -0.2) is 0 Å². The Morgan fingerprint density at radius 3 is 1.36 bits per heavy atom. The van der Waals surface area contributed by atoms with Gasteiger partial charge in [-0.1, -0.05) is 110 Å². The van der Waals surface area contributed by atoms with Gasteiger partial charge in [-0.3, -0.25) is 0 Å². The predicted octanol–water partition coefficient (Wildman–Crippen LogP) is 4.56. The molecule has 0 saturated carbocycles. The van der Waals surface area contributed by atoms with Crippen molar-refractivity contribution in [3.8, 4) is 0 Å². The molecule has 3 rings (SSSR count). The molecule has 0 heterocycles. The van der Waals surface area contributed by atoms with Crippen LogP contribution in [0.4, 0.5) is 0 Å². The van der Waals surface area contributed by atoms with Gasteiger partial charge in [0.1, 0.15) is 0 Å². The van der Waals surface area contributed by atoms with Crippen LogP contribution >= 0.6 is 0 Å². The highest BCUT2D eigenvalue weighted by atomic mass is 28.3. The molecule has 0 N–H and O–H groups in total. The number of hydrogen-bond acceptors (Lipinski definition) is 0. The molecule has 0 aliphatic heterocycles. The van der Waals surface area contributed by atoms with Gasteiger partial charge in [0.2, 0.25) is 0 Å². The minimum atomic E-state index is -0.809. The van der Waals surface area contributed by atoms with E-state index in [1.165, 1.54) is 16.3 Å².